The number of nitrogens with zero attached hydrogens (tertiary/aromatic N) is 6. The SMILES string of the molecule is CC(C)N.CCc1cc(C)c(NC(=O)c2ccc(CC(C)C)nc2)cc1C(=O)N1CCC(F)(c2ccc(C#N)cc2)CC1.CCc1cc(C)c(NC(=O)c2ccc(Cl)nc2)cc1C(=O)N1CCC(F)(c2ccc(C#N)cc2)CC1. The molecule has 0 bridgehead atoms. The zero-order valence-electron chi connectivity index (χ0n) is 46.4. The zero-order valence-corrected chi connectivity index (χ0v) is 47.1. The van der Waals surface area contributed by atoms with E-state index in [4.69, 9.17) is 27.9 Å². The van der Waals surface area contributed by atoms with E-state index in [1.165, 1.54) is 12.3 Å². The summed E-state index contributed by atoms with van der Waals surface area (Å²) in [5, 5.41) is 24.1. The van der Waals surface area contributed by atoms with Crippen molar-refractivity contribution in [3.8, 4) is 12.1 Å². The average Bonchev–Trinajstić information content (AvgIpc) is 3.45. The molecule has 2 aliphatic rings. The molecule has 13 nitrogen and oxygen atoms in total. The first-order valence-electron chi connectivity index (χ1n) is 26.8. The fourth-order valence-corrected chi connectivity index (χ4v) is 9.63. The highest BCUT2D eigenvalue weighted by Crippen LogP contribution is 2.39. The number of amides is 4. The monoisotopic (exact) mass is 1090 g/mol. The van der Waals surface area contributed by atoms with Gasteiger partial charge in [0.2, 0.25) is 0 Å². The van der Waals surface area contributed by atoms with Crippen molar-refractivity contribution in [3.63, 3.8) is 0 Å². The van der Waals surface area contributed by atoms with Gasteiger partial charge >= 0.3 is 0 Å². The molecule has 79 heavy (non-hydrogen) atoms. The number of nitrogens with one attached hydrogen (secondary N) is 2. The number of pyridine rings is 2. The number of rotatable bonds is 12. The van der Waals surface area contributed by atoms with Gasteiger partial charge in [-0.3, -0.25) is 24.2 Å². The van der Waals surface area contributed by atoms with Gasteiger partial charge in [0.15, 0.2) is 0 Å². The molecule has 0 unspecified atom stereocenters. The van der Waals surface area contributed by atoms with Gasteiger partial charge in [-0.25, -0.2) is 13.8 Å². The van der Waals surface area contributed by atoms with Gasteiger partial charge in [0.1, 0.15) is 16.5 Å². The number of benzene rings is 4. The first-order chi connectivity index (χ1) is 37.6. The van der Waals surface area contributed by atoms with Crippen LogP contribution in [0.4, 0.5) is 20.2 Å². The van der Waals surface area contributed by atoms with Crippen LogP contribution in [-0.2, 0) is 30.6 Å². The molecule has 16 heteroatoms. The quantitative estimate of drug-likeness (QED) is 0.0998. The number of halogens is 3. The fraction of sp³-hybridized carbons (Fsp3) is 0.365. The molecule has 4 aromatic carbocycles. The van der Waals surface area contributed by atoms with Crippen molar-refractivity contribution >= 4 is 46.6 Å². The highest BCUT2D eigenvalue weighted by molar-refractivity contribution is 6.29. The summed E-state index contributed by atoms with van der Waals surface area (Å²) in [7, 11) is 0. The van der Waals surface area contributed by atoms with E-state index < -0.39 is 11.3 Å². The van der Waals surface area contributed by atoms with Crippen molar-refractivity contribution in [2.75, 3.05) is 36.8 Å². The van der Waals surface area contributed by atoms with E-state index in [0.29, 0.717) is 85.8 Å². The summed E-state index contributed by atoms with van der Waals surface area (Å²) in [4.78, 5) is 64.5. The minimum Gasteiger partial charge on any atom is -0.338 e. The molecule has 4 heterocycles. The molecule has 412 valence electrons. The first-order valence-corrected chi connectivity index (χ1v) is 27.2. The molecule has 2 saturated heterocycles. The lowest BCUT2D eigenvalue weighted by molar-refractivity contribution is 0.0412. The molecule has 0 saturated carbocycles. The molecule has 0 aliphatic carbocycles. The maximum atomic E-state index is 15.8. The molecular formula is C63H70ClF2N9O4. The van der Waals surface area contributed by atoms with E-state index in [1.807, 2.05) is 65.8 Å². The second kappa shape index (κ2) is 27.2. The van der Waals surface area contributed by atoms with Crippen LogP contribution in [0.5, 0.6) is 0 Å². The number of alkyl halides is 2. The normalized spacial score (nSPS) is 14.4. The minimum atomic E-state index is -1.54. The summed E-state index contributed by atoms with van der Waals surface area (Å²) in [6.45, 7) is 17.0. The van der Waals surface area contributed by atoms with Gasteiger partial charge in [-0.2, -0.15) is 10.5 Å². The lowest BCUT2D eigenvalue weighted by atomic mass is 9.85. The molecule has 6 aromatic rings. The number of aryl methyl sites for hydroxylation is 4. The molecule has 4 amide bonds. The van der Waals surface area contributed by atoms with Crippen LogP contribution in [0, 0.1) is 42.4 Å². The van der Waals surface area contributed by atoms with Crippen LogP contribution in [0.1, 0.15) is 159 Å². The largest absolute Gasteiger partial charge is 0.338 e. The van der Waals surface area contributed by atoms with Crippen molar-refractivity contribution < 1.29 is 28.0 Å². The van der Waals surface area contributed by atoms with Gasteiger partial charge in [-0.15, -0.1) is 0 Å². The predicted molar refractivity (Wildman–Crippen MR) is 307 cm³/mol. The third-order valence-electron chi connectivity index (χ3n) is 14.1. The summed E-state index contributed by atoms with van der Waals surface area (Å²) in [5.74, 6) is -0.508. The van der Waals surface area contributed by atoms with Crippen molar-refractivity contribution in [2.24, 2.45) is 11.7 Å². The summed E-state index contributed by atoms with van der Waals surface area (Å²) >= 11 is 5.81. The molecular weight excluding hydrogens is 1020 g/mol. The Morgan fingerprint density at radius 2 is 1.01 bits per heavy atom. The maximum absolute atomic E-state index is 15.8. The summed E-state index contributed by atoms with van der Waals surface area (Å²) < 4.78 is 31.5. The van der Waals surface area contributed by atoms with E-state index in [2.05, 4.69) is 40.5 Å². The van der Waals surface area contributed by atoms with E-state index in [0.717, 1.165) is 34.4 Å². The highest BCUT2D eigenvalue weighted by Gasteiger charge is 2.39. The van der Waals surface area contributed by atoms with Gasteiger partial charge < -0.3 is 26.2 Å². The fourth-order valence-electron chi connectivity index (χ4n) is 9.52. The third kappa shape index (κ3) is 15.7. The number of hydrogen-bond donors (Lipinski definition) is 3. The topological polar surface area (TPSA) is 198 Å². The Morgan fingerprint density at radius 3 is 1.33 bits per heavy atom. The van der Waals surface area contributed by atoms with Crippen LogP contribution in [-0.4, -0.2) is 75.6 Å². The smallest absolute Gasteiger partial charge is 0.257 e. The number of anilines is 2. The standard InChI is InChI=1S/C32H35FN4O2.C28H26ClFN4O2.C3H9N/c1-5-24-17-22(4)29(36-30(38)25-8-11-27(35-20-25)16-21(2)3)18-28(24)31(39)37-14-12-32(33,13-15-37)26-9-6-23(19-34)7-10-26;1-3-20-14-18(2)24(33-26(35)21-6-9-25(29)32-17-21)15-23(20)27(36)34-12-10-28(30,11-13-34)22-7-4-19(16-31)5-8-22;1-3(2)4/h6-11,17-18,20-21H,5,12-16H2,1-4H3,(H,36,38);4-9,14-15,17H,3,10-13H2,1-2H3,(H,33,35);3H,4H2,1-2H3. The van der Waals surface area contributed by atoms with Crippen LogP contribution in [0.2, 0.25) is 5.15 Å². The van der Waals surface area contributed by atoms with Gasteiger partial charge in [0, 0.05) is 92.5 Å². The molecule has 8 rings (SSSR count). The van der Waals surface area contributed by atoms with Crippen LogP contribution in [0.25, 0.3) is 0 Å². The van der Waals surface area contributed by atoms with Gasteiger partial charge in [-0.1, -0.05) is 89.5 Å². The summed E-state index contributed by atoms with van der Waals surface area (Å²) in [6.07, 6.45) is 5.83. The van der Waals surface area contributed by atoms with E-state index in [9.17, 15) is 19.2 Å². The molecule has 2 aliphatic heterocycles. The van der Waals surface area contributed by atoms with Gasteiger partial charge in [-0.05, 0) is 139 Å². The number of carbonyl (C=O) groups excluding carboxylic acids is 4. The Labute approximate surface area is 468 Å². The average molecular weight is 1090 g/mol. The molecule has 0 radical (unpaired) electrons. The van der Waals surface area contributed by atoms with E-state index in [1.54, 1.807) is 88.8 Å². The molecule has 0 spiro atoms. The van der Waals surface area contributed by atoms with Crippen molar-refractivity contribution in [1.82, 2.24) is 19.8 Å². The van der Waals surface area contributed by atoms with Crippen molar-refractivity contribution in [1.29, 1.82) is 10.5 Å². The Bertz CT molecular complexity index is 3190. The van der Waals surface area contributed by atoms with Crippen molar-refractivity contribution in [2.45, 2.75) is 118 Å². The molecule has 4 N–H and O–H groups in total. The Hall–Kier alpha value is -7.85. The lowest BCUT2D eigenvalue weighted by Gasteiger charge is -2.37. The Morgan fingerprint density at radius 1 is 0.633 bits per heavy atom. The second-order valence-electron chi connectivity index (χ2n) is 20.9. The minimum absolute atomic E-state index is 0.163. The Balaban J connectivity index is 0.000000240. The maximum Gasteiger partial charge on any atom is 0.257 e. The number of nitrogens with two attached hydrogens (primary N) is 1. The van der Waals surface area contributed by atoms with Crippen LogP contribution >= 0.6 is 11.6 Å². The van der Waals surface area contributed by atoms with E-state index in [-0.39, 0.29) is 75.5 Å². The lowest BCUT2D eigenvalue weighted by Crippen LogP contribution is -2.43. The number of likely N-dealkylation sites (tertiary alicyclic amines) is 2. The summed E-state index contributed by atoms with van der Waals surface area (Å²) in [6, 6.07) is 31.6. The second-order valence-corrected chi connectivity index (χ2v) is 21.3. The molecule has 0 atom stereocenters. The zero-order chi connectivity index (χ0) is 57.6. The van der Waals surface area contributed by atoms with Gasteiger partial charge in [0.25, 0.3) is 23.6 Å². The number of nitriles is 2. The van der Waals surface area contributed by atoms with E-state index >= 15 is 8.78 Å². The number of aromatic nitrogens is 2. The van der Waals surface area contributed by atoms with Crippen LogP contribution in [0.3, 0.4) is 0 Å². The third-order valence-corrected chi connectivity index (χ3v) is 14.3. The number of hydrogen-bond acceptors (Lipinski definition) is 9. The first kappa shape index (κ1) is 60.4. The van der Waals surface area contributed by atoms with Crippen LogP contribution in [0.15, 0.2) is 109 Å². The summed E-state index contributed by atoms with van der Waals surface area (Å²) in [5.41, 5.74) is 11.4. The highest BCUT2D eigenvalue weighted by atomic mass is 35.5. The predicted octanol–water partition coefficient (Wildman–Crippen LogP) is 12.6. The Kier molecular flexibility index (Phi) is 20.8. The van der Waals surface area contributed by atoms with Gasteiger partial charge in [0.05, 0.1) is 34.4 Å². The number of carbonyl (C=O) groups is 4. The van der Waals surface area contributed by atoms with Crippen molar-refractivity contribution in [3.05, 3.63) is 187 Å². The van der Waals surface area contributed by atoms with Crippen LogP contribution < -0.4 is 16.4 Å². The molecule has 2 aromatic heterocycles. The molecule has 2 fully saturated rings. The number of piperidine rings is 2.